The van der Waals surface area contributed by atoms with Crippen LogP contribution >= 0.6 is 34.4 Å². The molecule has 0 fully saturated rings. The average molecular weight is 395 g/mol. The molecule has 0 aliphatic carbocycles. The van der Waals surface area contributed by atoms with Gasteiger partial charge in [0.2, 0.25) is 5.91 Å². The van der Waals surface area contributed by atoms with Crippen molar-refractivity contribution in [2.75, 3.05) is 12.3 Å². The topological polar surface area (TPSA) is 97.1 Å². The third-order valence-electron chi connectivity index (χ3n) is 2.96. The van der Waals surface area contributed by atoms with Gasteiger partial charge in [0, 0.05) is 11.4 Å². The Bertz CT molecular complexity index is 815. The van der Waals surface area contributed by atoms with E-state index in [2.05, 4.69) is 20.8 Å². The lowest BCUT2D eigenvalue weighted by atomic mass is 10.3. The average Bonchev–Trinajstić information content (AvgIpc) is 3.34. The maximum atomic E-state index is 11.8. The number of aromatic nitrogens is 2. The first kappa shape index (κ1) is 17.6. The van der Waals surface area contributed by atoms with Crippen molar-refractivity contribution in [1.29, 1.82) is 0 Å². The molecule has 3 amide bonds. The Kier molecular flexibility index (Phi) is 6.20. The lowest BCUT2D eigenvalue weighted by Crippen LogP contribution is -2.41. The molecule has 10 heteroatoms. The fourth-order valence-electron chi connectivity index (χ4n) is 1.86. The highest BCUT2D eigenvalue weighted by Crippen LogP contribution is 2.26. The van der Waals surface area contributed by atoms with Gasteiger partial charge < -0.3 is 9.73 Å². The van der Waals surface area contributed by atoms with Gasteiger partial charge in [-0.3, -0.25) is 10.1 Å². The first-order chi connectivity index (χ1) is 12.2. The number of hydrogen-bond acceptors (Lipinski definition) is 8. The first-order valence-electron chi connectivity index (χ1n) is 7.31. The maximum absolute atomic E-state index is 11.8. The zero-order valence-electron chi connectivity index (χ0n) is 12.9. The van der Waals surface area contributed by atoms with E-state index in [-0.39, 0.29) is 11.0 Å². The van der Waals surface area contributed by atoms with Gasteiger partial charge in [-0.05, 0) is 29.3 Å². The number of rotatable bonds is 7. The van der Waals surface area contributed by atoms with Gasteiger partial charge in [-0.25, -0.2) is 4.79 Å². The molecule has 0 unspecified atom stereocenters. The van der Waals surface area contributed by atoms with Crippen molar-refractivity contribution in [2.24, 2.45) is 0 Å². The quantitative estimate of drug-likeness (QED) is 0.598. The van der Waals surface area contributed by atoms with Crippen LogP contribution in [0.3, 0.4) is 0 Å². The normalized spacial score (nSPS) is 10.6. The van der Waals surface area contributed by atoms with Crippen LogP contribution < -0.4 is 10.6 Å². The van der Waals surface area contributed by atoms with Gasteiger partial charge >= 0.3 is 6.03 Å². The molecular weight excluding hydrogens is 380 g/mol. The van der Waals surface area contributed by atoms with E-state index in [9.17, 15) is 9.59 Å². The van der Waals surface area contributed by atoms with Crippen molar-refractivity contribution in [1.82, 2.24) is 20.8 Å². The third kappa shape index (κ3) is 5.41. The Hall–Kier alpha value is -2.17. The molecular formula is C15H14N4O3S3. The molecule has 0 aromatic carbocycles. The SMILES string of the molecule is O=C(CSc1nnc(-c2cccs2)o1)NC(=O)NCCc1cccs1. The fourth-order valence-corrected chi connectivity index (χ4v) is 3.77. The number of amides is 3. The van der Waals surface area contributed by atoms with Crippen LogP contribution in [0.25, 0.3) is 10.8 Å². The third-order valence-corrected chi connectivity index (χ3v) is 5.57. The minimum Gasteiger partial charge on any atom is -0.410 e. The van der Waals surface area contributed by atoms with Gasteiger partial charge in [0.05, 0.1) is 10.6 Å². The molecule has 0 aliphatic heterocycles. The van der Waals surface area contributed by atoms with Crippen molar-refractivity contribution in [3.05, 3.63) is 39.9 Å². The van der Waals surface area contributed by atoms with E-state index in [1.54, 1.807) is 11.3 Å². The van der Waals surface area contributed by atoms with Crippen LogP contribution in [0, 0.1) is 0 Å². The van der Waals surface area contributed by atoms with E-state index in [1.165, 1.54) is 16.2 Å². The van der Waals surface area contributed by atoms with E-state index in [1.807, 2.05) is 35.0 Å². The van der Waals surface area contributed by atoms with E-state index in [4.69, 9.17) is 4.42 Å². The molecule has 7 nitrogen and oxygen atoms in total. The summed E-state index contributed by atoms with van der Waals surface area (Å²) in [6, 6.07) is 7.22. The molecule has 3 rings (SSSR count). The Morgan fingerprint density at radius 3 is 2.76 bits per heavy atom. The highest BCUT2D eigenvalue weighted by Gasteiger charge is 2.13. The van der Waals surface area contributed by atoms with Crippen LogP contribution in [0.1, 0.15) is 4.88 Å². The highest BCUT2D eigenvalue weighted by molar-refractivity contribution is 7.99. The van der Waals surface area contributed by atoms with Crippen molar-refractivity contribution >= 4 is 46.4 Å². The molecule has 0 atom stereocenters. The smallest absolute Gasteiger partial charge is 0.321 e. The first-order valence-corrected chi connectivity index (χ1v) is 10.1. The zero-order valence-corrected chi connectivity index (χ0v) is 15.4. The summed E-state index contributed by atoms with van der Waals surface area (Å²) in [6.45, 7) is 0.473. The molecule has 0 saturated carbocycles. The summed E-state index contributed by atoms with van der Waals surface area (Å²) in [5.41, 5.74) is 0. The Morgan fingerprint density at radius 1 is 1.16 bits per heavy atom. The molecule has 25 heavy (non-hydrogen) atoms. The van der Waals surface area contributed by atoms with Gasteiger partial charge in [-0.2, -0.15) is 0 Å². The van der Waals surface area contributed by atoms with Gasteiger partial charge in [0.25, 0.3) is 11.1 Å². The van der Waals surface area contributed by atoms with Crippen molar-refractivity contribution in [2.45, 2.75) is 11.6 Å². The lowest BCUT2D eigenvalue weighted by Gasteiger charge is -2.05. The predicted octanol–water partition coefficient (Wildman–Crippen LogP) is 3.02. The molecule has 3 heterocycles. The van der Waals surface area contributed by atoms with Crippen LogP contribution in [0.2, 0.25) is 0 Å². The van der Waals surface area contributed by atoms with E-state index in [0.29, 0.717) is 12.4 Å². The number of urea groups is 1. The van der Waals surface area contributed by atoms with E-state index < -0.39 is 11.9 Å². The number of nitrogens with one attached hydrogen (secondary N) is 2. The van der Waals surface area contributed by atoms with Crippen molar-refractivity contribution < 1.29 is 14.0 Å². The molecule has 2 N–H and O–H groups in total. The number of carbonyl (C=O) groups excluding carboxylic acids is 2. The molecule has 0 aliphatic rings. The molecule has 0 radical (unpaired) electrons. The number of carbonyl (C=O) groups is 2. The second kappa shape index (κ2) is 8.79. The van der Waals surface area contributed by atoms with E-state index >= 15 is 0 Å². The number of thioether (sulfide) groups is 1. The van der Waals surface area contributed by atoms with Crippen LogP contribution in [0.4, 0.5) is 4.79 Å². The summed E-state index contributed by atoms with van der Waals surface area (Å²) in [4.78, 5) is 25.5. The monoisotopic (exact) mass is 394 g/mol. The van der Waals surface area contributed by atoms with Gasteiger partial charge in [0.15, 0.2) is 0 Å². The summed E-state index contributed by atoms with van der Waals surface area (Å²) < 4.78 is 5.46. The number of hydrogen-bond donors (Lipinski definition) is 2. The number of nitrogens with zero attached hydrogens (tertiary/aromatic N) is 2. The second-order valence-electron chi connectivity index (χ2n) is 4.77. The summed E-state index contributed by atoms with van der Waals surface area (Å²) in [5.74, 6) is 0.0171. The Morgan fingerprint density at radius 2 is 2.00 bits per heavy atom. The summed E-state index contributed by atoms with van der Waals surface area (Å²) in [7, 11) is 0. The standard InChI is InChI=1S/C15H14N4O3S3/c20-12(17-14(21)16-6-5-10-3-1-7-23-10)9-25-15-19-18-13(22-15)11-4-2-8-24-11/h1-4,7-8H,5-6,9H2,(H2,16,17,20,21). The number of imide groups is 1. The van der Waals surface area contributed by atoms with E-state index in [0.717, 1.165) is 23.1 Å². The van der Waals surface area contributed by atoms with Crippen LogP contribution in [0.15, 0.2) is 44.7 Å². The Balaban J connectivity index is 1.37. The fraction of sp³-hybridized carbons (Fsp3) is 0.200. The minimum absolute atomic E-state index is 0.0183. The molecule has 3 aromatic rings. The molecule has 0 saturated heterocycles. The minimum atomic E-state index is -0.507. The molecule has 0 bridgehead atoms. The zero-order chi connectivity index (χ0) is 17.5. The largest absolute Gasteiger partial charge is 0.410 e. The van der Waals surface area contributed by atoms with Crippen LogP contribution in [0.5, 0.6) is 0 Å². The summed E-state index contributed by atoms with van der Waals surface area (Å²) >= 11 is 4.21. The Labute approximate surface area is 155 Å². The lowest BCUT2D eigenvalue weighted by molar-refractivity contribution is -0.117. The second-order valence-corrected chi connectivity index (χ2v) is 7.68. The summed E-state index contributed by atoms with van der Waals surface area (Å²) in [6.07, 6.45) is 0.738. The van der Waals surface area contributed by atoms with Gasteiger partial charge in [-0.1, -0.05) is 23.9 Å². The number of thiophene rings is 2. The van der Waals surface area contributed by atoms with Crippen LogP contribution in [-0.2, 0) is 11.2 Å². The maximum Gasteiger partial charge on any atom is 0.321 e. The summed E-state index contributed by atoms with van der Waals surface area (Å²) in [5, 5.41) is 16.9. The predicted molar refractivity (Wildman–Crippen MR) is 97.9 cm³/mol. The van der Waals surface area contributed by atoms with Crippen LogP contribution in [-0.4, -0.2) is 34.4 Å². The van der Waals surface area contributed by atoms with Gasteiger partial charge in [0.1, 0.15) is 0 Å². The van der Waals surface area contributed by atoms with Crippen molar-refractivity contribution in [3.8, 4) is 10.8 Å². The van der Waals surface area contributed by atoms with Gasteiger partial charge in [-0.15, -0.1) is 32.9 Å². The highest BCUT2D eigenvalue weighted by atomic mass is 32.2. The molecule has 130 valence electrons. The molecule has 3 aromatic heterocycles. The molecule has 0 spiro atoms. The van der Waals surface area contributed by atoms with Crippen molar-refractivity contribution in [3.63, 3.8) is 0 Å².